The molecule has 0 bridgehead atoms. The Morgan fingerprint density at radius 2 is 2.00 bits per heavy atom. The summed E-state index contributed by atoms with van der Waals surface area (Å²) in [5, 5.41) is 0.748. The van der Waals surface area contributed by atoms with Crippen LogP contribution < -0.4 is 10.6 Å². The molecule has 0 fully saturated rings. The fraction of sp³-hybridized carbons (Fsp3) is 0.333. The van der Waals surface area contributed by atoms with Crippen LogP contribution >= 0.6 is 11.6 Å². The fourth-order valence-corrected chi connectivity index (χ4v) is 3.46. The first-order valence-electron chi connectivity index (χ1n) is 7.50. The van der Waals surface area contributed by atoms with E-state index >= 15 is 0 Å². The molecule has 2 nitrogen and oxygen atoms in total. The van der Waals surface area contributed by atoms with Crippen molar-refractivity contribution in [3.05, 3.63) is 58.6 Å². The molecule has 2 aromatic carbocycles. The Hall–Kier alpha value is -1.51. The van der Waals surface area contributed by atoms with Crippen LogP contribution in [-0.4, -0.2) is 6.04 Å². The van der Waals surface area contributed by atoms with Gasteiger partial charge in [-0.25, -0.2) is 0 Å². The highest BCUT2D eigenvalue weighted by Gasteiger charge is 2.24. The third-order valence-corrected chi connectivity index (χ3v) is 4.60. The van der Waals surface area contributed by atoms with Gasteiger partial charge < -0.3 is 10.6 Å². The lowest BCUT2D eigenvalue weighted by Gasteiger charge is -2.37. The van der Waals surface area contributed by atoms with Gasteiger partial charge in [0.2, 0.25) is 0 Å². The van der Waals surface area contributed by atoms with Crippen LogP contribution in [0.15, 0.2) is 42.5 Å². The van der Waals surface area contributed by atoms with Gasteiger partial charge in [0.1, 0.15) is 0 Å². The summed E-state index contributed by atoms with van der Waals surface area (Å²) in [5.74, 6) is 0. The topological polar surface area (TPSA) is 29.3 Å². The molecule has 2 unspecified atom stereocenters. The van der Waals surface area contributed by atoms with Gasteiger partial charge in [0.25, 0.3) is 0 Å². The second-order valence-corrected chi connectivity index (χ2v) is 6.29. The van der Waals surface area contributed by atoms with Crippen LogP contribution in [0.1, 0.15) is 37.4 Å². The van der Waals surface area contributed by atoms with Crippen molar-refractivity contribution in [1.29, 1.82) is 0 Å². The maximum Gasteiger partial charge on any atom is 0.0474 e. The van der Waals surface area contributed by atoms with Crippen LogP contribution in [0, 0.1) is 0 Å². The van der Waals surface area contributed by atoms with Gasteiger partial charge in [0, 0.05) is 28.5 Å². The molecule has 0 saturated heterocycles. The van der Waals surface area contributed by atoms with E-state index < -0.39 is 0 Å². The Balaban J connectivity index is 2.05. The Bertz CT molecular complexity index is 651. The molecule has 0 amide bonds. The Labute approximate surface area is 131 Å². The molecule has 1 heterocycles. The van der Waals surface area contributed by atoms with E-state index in [1.54, 1.807) is 0 Å². The molecule has 2 N–H and O–H groups in total. The van der Waals surface area contributed by atoms with Crippen molar-refractivity contribution in [2.75, 3.05) is 4.90 Å². The number of rotatable bonds is 2. The Morgan fingerprint density at radius 3 is 2.71 bits per heavy atom. The second kappa shape index (κ2) is 5.70. The van der Waals surface area contributed by atoms with Gasteiger partial charge in [0.15, 0.2) is 0 Å². The molecule has 1 aliphatic rings. The number of hydrogen-bond acceptors (Lipinski definition) is 2. The average Bonchev–Trinajstić information content (AvgIpc) is 2.46. The van der Waals surface area contributed by atoms with Gasteiger partial charge in [-0.3, -0.25) is 0 Å². The van der Waals surface area contributed by atoms with E-state index in [1.165, 1.54) is 11.3 Å². The molecular formula is C18H21ClN2. The zero-order valence-electron chi connectivity index (χ0n) is 12.5. The number of nitrogens with two attached hydrogens (primary N) is 1. The minimum Gasteiger partial charge on any atom is -0.338 e. The van der Waals surface area contributed by atoms with Gasteiger partial charge in [0.05, 0.1) is 0 Å². The van der Waals surface area contributed by atoms with Crippen molar-refractivity contribution in [3.8, 4) is 0 Å². The third-order valence-electron chi connectivity index (χ3n) is 4.28. The lowest BCUT2D eigenvalue weighted by molar-refractivity contribution is 0.618. The number of para-hydroxylation sites is 1. The van der Waals surface area contributed by atoms with Crippen LogP contribution in [0.4, 0.5) is 11.4 Å². The van der Waals surface area contributed by atoms with Crippen LogP contribution in [0.25, 0.3) is 0 Å². The van der Waals surface area contributed by atoms with E-state index in [4.69, 9.17) is 17.3 Å². The molecule has 21 heavy (non-hydrogen) atoms. The molecule has 0 radical (unpaired) electrons. The highest BCUT2D eigenvalue weighted by atomic mass is 35.5. The lowest BCUT2D eigenvalue weighted by Crippen LogP contribution is -2.33. The fourth-order valence-electron chi connectivity index (χ4n) is 3.12. The van der Waals surface area contributed by atoms with Crippen molar-refractivity contribution in [2.45, 2.75) is 38.8 Å². The maximum absolute atomic E-state index is 6.41. The number of nitrogens with zero attached hydrogens (tertiary/aromatic N) is 1. The SMILES string of the molecule is CC(N)c1ccc(N2c3ccccc3CCC2C)cc1Cl. The molecule has 0 spiro atoms. The number of hydrogen-bond donors (Lipinski definition) is 1. The molecule has 2 atom stereocenters. The zero-order chi connectivity index (χ0) is 15.0. The van der Waals surface area contributed by atoms with Crippen molar-refractivity contribution in [2.24, 2.45) is 5.73 Å². The van der Waals surface area contributed by atoms with Crippen LogP contribution in [0.2, 0.25) is 5.02 Å². The summed E-state index contributed by atoms with van der Waals surface area (Å²) in [5.41, 5.74) is 10.8. The molecular weight excluding hydrogens is 280 g/mol. The van der Waals surface area contributed by atoms with E-state index in [-0.39, 0.29) is 6.04 Å². The smallest absolute Gasteiger partial charge is 0.0474 e. The van der Waals surface area contributed by atoms with E-state index in [2.05, 4.69) is 42.2 Å². The van der Waals surface area contributed by atoms with Crippen molar-refractivity contribution in [3.63, 3.8) is 0 Å². The molecule has 0 aliphatic carbocycles. The van der Waals surface area contributed by atoms with E-state index in [0.29, 0.717) is 6.04 Å². The number of fused-ring (bicyclic) bond motifs is 1. The quantitative estimate of drug-likeness (QED) is 0.860. The highest BCUT2D eigenvalue weighted by Crippen LogP contribution is 2.38. The van der Waals surface area contributed by atoms with Gasteiger partial charge >= 0.3 is 0 Å². The first kappa shape index (κ1) is 14.4. The average molecular weight is 301 g/mol. The molecule has 1 aliphatic heterocycles. The monoisotopic (exact) mass is 300 g/mol. The summed E-state index contributed by atoms with van der Waals surface area (Å²) in [4.78, 5) is 2.38. The van der Waals surface area contributed by atoms with E-state index in [1.807, 2.05) is 19.1 Å². The van der Waals surface area contributed by atoms with Crippen molar-refractivity contribution >= 4 is 23.0 Å². The zero-order valence-corrected chi connectivity index (χ0v) is 13.3. The first-order chi connectivity index (χ1) is 10.1. The van der Waals surface area contributed by atoms with Crippen LogP contribution in [-0.2, 0) is 6.42 Å². The van der Waals surface area contributed by atoms with Crippen LogP contribution in [0.5, 0.6) is 0 Å². The molecule has 0 aromatic heterocycles. The normalized spacial score (nSPS) is 19.2. The molecule has 2 aromatic rings. The number of anilines is 2. The van der Waals surface area contributed by atoms with Crippen molar-refractivity contribution < 1.29 is 0 Å². The highest BCUT2D eigenvalue weighted by molar-refractivity contribution is 6.31. The van der Waals surface area contributed by atoms with E-state index in [9.17, 15) is 0 Å². The van der Waals surface area contributed by atoms with Gasteiger partial charge in [-0.15, -0.1) is 0 Å². The minimum atomic E-state index is -0.0439. The largest absolute Gasteiger partial charge is 0.338 e. The van der Waals surface area contributed by atoms with Gasteiger partial charge in [-0.1, -0.05) is 35.9 Å². The first-order valence-corrected chi connectivity index (χ1v) is 7.88. The summed E-state index contributed by atoms with van der Waals surface area (Å²) < 4.78 is 0. The van der Waals surface area contributed by atoms with E-state index in [0.717, 1.165) is 29.1 Å². The summed E-state index contributed by atoms with van der Waals surface area (Å²) in [7, 11) is 0. The van der Waals surface area contributed by atoms with Gasteiger partial charge in [-0.2, -0.15) is 0 Å². The summed E-state index contributed by atoms with van der Waals surface area (Å²) in [6.07, 6.45) is 2.29. The number of halogens is 1. The lowest BCUT2D eigenvalue weighted by atomic mass is 9.95. The summed E-state index contributed by atoms with van der Waals surface area (Å²) in [6, 6.07) is 15.3. The molecule has 110 valence electrons. The molecule has 3 rings (SSSR count). The predicted molar refractivity (Wildman–Crippen MR) is 90.4 cm³/mol. The summed E-state index contributed by atoms with van der Waals surface area (Å²) in [6.45, 7) is 4.23. The third kappa shape index (κ3) is 2.66. The Kier molecular flexibility index (Phi) is 3.92. The van der Waals surface area contributed by atoms with Crippen LogP contribution in [0.3, 0.4) is 0 Å². The Morgan fingerprint density at radius 1 is 1.24 bits per heavy atom. The minimum absolute atomic E-state index is 0.0439. The summed E-state index contributed by atoms with van der Waals surface area (Å²) >= 11 is 6.41. The number of aryl methyl sites for hydroxylation is 1. The number of benzene rings is 2. The standard InChI is InChI=1S/C18H21ClN2/c1-12-7-8-14-5-3-4-6-18(14)21(12)15-9-10-16(13(2)20)17(19)11-15/h3-6,9-13H,7-8,20H2,1-2H3. The van der Waals surface area contributed by atoms with Crippen molar-refractivity contribution in [1.82, 2.24) is 0 Å². The maximum atomic E-state index is 6.41. The van der Waals surface area contributed by atoms with Gasteiger partial charge in [-0.05, 0) is 56.0 Å². The molecule has 0 saturated carbocycles. The molecule has 3 heteroatoms. The predicted octanol–water partition coefficient (Wildman–Crippen LogP) is 4.83. The second-order valence-electron chi connectivity index (χ2n) is 5.88.